The van der Waals surface area contributed by atoms with E-state index in [1.165, 1.54) is 11.1 Å². The van der Waals surface area contributed by atoms with Crippen LogP contribution in [0.5, 0.6) is 0 Å². The van der Waals surface area contributed by atoms with Crippen LogP contribution in [0.4, 0.5) is 0 Å². The number of nitrogens with zero attached hydrogens (tertiary/aromatic N) is 2. The summed E-state index contributed by atoms with van der Waals surface area (Å²) in [5.74, 6) is 0. The lowest BCUT2D eigenvalue weighted by atomic mass is 9.94. The van der Waals surface area contributed by atoms with Crippen LogP contribution < -0.4 is 5.32 Å². The Morgan fingerprint density at radius 3 is 2.04 bits per heavy atom. The molecule has 3 nitrogen and oxygen atoms in total. The lowest BCUT2D eigenvalue weighted by Crippen LogP contribution is -2.25. The molecule has 3 atom stereocenters. The number of pyridine rings is 1. The van der Waals surface area contributed by atoms with Crippen molar-refractivity contribution in [2.75, 3.05) is 7.05 Å². The highest BCUT2D eigenvalue weighted by atomic mass is 15.4. The van der Waals surface area contributed by atoms with Crippen LogP contribution in [0.3, 0.4) is 0 Å². The van der Waals surface area contributed by atoms with Gasteiger partial charge in [-0.25, -0.2) is 0 Å². The molecule has 1 aliphatic heterocycles. The summed E-state index contributed by atoms with van der Waals surface area (Å²) in [5, 5.41) is 3.79. The maximum Gasteiger partial charge on any atom is 0.104 e. The molecule has 0 aliphatic carbocycles. The molecule has 24 heavy (non-hydrogen) atoms. The van der Waals surface area contributed by atoms with E-state index in [-0.39, 0.29) is 18.2 Å². The number of hydrogen-bond acceptors (Lipinski definition) is 3. The van der Waals surface area contributed by atoms with Gasteiger partial charge in [0.05, 0.1) is 17.8 Å². The van der Waals surface area contributed by atoms with Gasteiger partial charge in [-0.05, 0) is 30.3 Å². The van der Waals surface area contributed by atoms with E-state index in [0.29, 0.717) is 0 Å². The lowest BCUT2D eigenvalue weighted by molar-refractivity contribution is 0.231. The number of benzene rings is 2. The first-order valence-electron chi connectivity index (χ1n) is 8.33. The van der Waals surface area contributed by atoms with E-state index in [1.54, 1.807) is 0 Å². The van der Waals surface area contributed by atoms with Crippen LogP contribution in [-0.2, 0) is 0 Å². The van der Waals surface area contributed by atoms with E-state index in [4.69, 9.17) is 0 Å². The van der Waals surface area contributed by atoms with Gasteiger partial charge in [-0.15, -0.1) is 0 Å². The molecule has 1 aliphatic rings. The first-order valence-corrected chi connectivity index (χ1v) is 8.33. The third kappa shape index (κ3) is 2.73. The molecular formula is C21H21N3. The molecule has 0 radical (unpaired) electrons. The SMILES string of the molecule is CN1[C@H](c2ccccn2)N[C@@H](c2ccccc2)[C@@H]1c1ccccc1. The summed E-state index contributed by atoms with van der Waals surface area (Å²) in [6.07, 6.45) is 1.96. The first kappa shape index (κ1) is 15.1. The Bertz CT molecular complexity index is 774. The van der Waals surface area contributed by atoms with Crippen LogP contribution in [0.15, 0.2) is 85.1 Å². The van der Waals surface area contributed by atoms with Gasteiger partial charge in [-0.1, -0.05) is 66.7 Å². The van der Waals surface area contributed by atoms with Crippen molar-refractivity contribution >= 4 is 0 Å². The molecule has 4 rings (SSSR count). The van der Waals surface area contributed by atoms with Crippen molar-refractivity contribution in [2.24, 2.45) is 0 Å². The second-order valence-corrected chi connectivity index (χ2v) is 6.23. The molecule has 1 aromatic heterocycles. The topological polar surface area (TPSA) is 28.2 Å². The van der Waals surface area contributed by atoms with Gasteiger partial charge >= 0.3 is 0 Å². The highest BCUT2D eigenvalue weighted by molar-refractivity contribution is 5.31. The lowest BCUT2D eigenvalue weighted by Gasteiger charge is -2.26. The van der Waals surface area contributed by atoms with Crippen LogP contribution in [0.2, 0.25) is 0 Å². The first-order chi connectivity index (χ1) is 11.8. The zero-order valence-corrected chi connectivity index (χ0v) is 13.7. The Morgan fingerprint density at radius 1 is 0.792 bits per heavy atom. The maximum absolute atomic E-state index is 4.56. The van der Waals surface area contributed by atoms with Gasteiger partial charge in [0, 0.05) is 6.20 Å². The van der Waals surface area contributed by atoms with Crippen LogP contribution in [0.25, 0.3) is 0 Å². The van der Waals surface area contributed by atoms with Gasteiger partial charge in [0.2, 0.25) is 0 Å². The predicted octanol–water partition coefficient (Wildman–Crippen LogP) is 4.10. The molecule has 0 bridgehead atoms. The van der Waals surface area contributed by atoms with Crippen LogP contribution >= 0.6 is 0 Å². The van der Waals surface area contributed by atoms with E-state index in [0.717, 1.165) is 5.69 Å². The fourth-order valence-corrected chi connectivity index (χ4v) is 3.62. The monoisotopic (exact) mass is 315 g/mol. The third-order valence-electron chi connectivity index (χ3n) is 4.77. The molecule has 1 fully saturated rings. The second-order valence-electron chi connectivity index (χ2n) is 6.23. The Morgan fingerprint density at radius 2 is 1.42 bits per heavy atom. The summed E-state index contributed by atoms with van der Waals surface area (Å²) < 4.78 is 0. The highest BCUT2D eigenvalue weighted by Crippen LogP contribution is 2.43. The van der Waals surface area contributed by atoms with Crippen molar-refractivity contribution in [2.45, 2.75) is 18.2 Å². The molecule has 0 unspecified atom stereocenters. The molecule has 3 heteroatoms. The number of likely N-dealkylation sites (N-methyl/N-ethyl adjacent to an activating group) is 1. The number of rotatable bonds is 3. The minimum atomic E-state index is 0.0987. The van der Waals surface area contributed by atoms with E-state index >= 15 is 0 Å². The Labute approximate surface area is 143 Å². The van der Waals surface area contributed by atoms with E-state index in [2.05, 4.69) is 89.0 Å². The predicted molar refractivity (Wildman–Crippen MR) is 96.2 cm³/mol. The molecule has 1 N–H and O–H groups in total. The van der Waals surface area contributed by atoms with Crippen molar-refractivity contribution in [1.82, 2.24) is 15.2 Å². The van der Waals surface area contributed by atoms with Gasteiger partial charge in [0.25, 0.3) is 0 Å². The molecule has 2 heterocycles. The molecular weight excluding hydrogens is 294 g/mol. The van der Waals surface area contributed by atoms with Gasteiger partial charge < -0.3 is 0 Å². The Balaban J connectivity index is 1.76. The molecule has 1 saturated heterocycles. The smallest absolute Gasteiger partial charge is 0.104 e. The Kier molecular flexibility index (Phi) is 4.11. The number of hydrogen-bond donors (Lipinski definition) is 1. The van der Waals surface area contributed by atoms with E-state index in [1.807, 2.05) is 18.3 Å². The van der Waals surface area contributed by atoms with Crippen molar-refractivity contribution in [3.05, 3.63) is 102 Å². The van der Waals surface area contributed by atoms with Crippen LogP contribution in [0.1, 0.15) is 35.1 Å². The average Bonchev–Trinajstić information content (AvgIpc) is 3.01. The fourth-order valence-electron chi connectivity index (χ4n) is 3.62. The fraction of sp³-hybridized carbons (Fsp3) is 0.190. The summed E-state index contributed by atoms with van der Waals surface area (Å²) in [6.45, 7) is 0. The largest absolute Gasteiger partial charge is 0.288 e. The summed E-state index contributed by atoms with van der Waals surface area (Å²) in [4.78, 5) is 6.95. The van der Waals surface area contributed by atoms with Gasteiger partial charge in [-0.2, -0.15) is 0 Å². The molecule has 0 saturated carbocycles. The molecule has 2 aromatic carbocycles. The van der Waals surface area contributed by atoms with Crippen molar-refractivity contribution < 1.29 is 0 Å². The van der Waals surface area contributed by atoms with Crippen molar-refractivity contribution in [3.63, 3.8) is 0 Å². The molecule has 0 spiro atoms. The molecule has 3 aromatic rings. The number of aromatic nitrogens is 1. The normalized spacial score (nSPS) is 24.1. The van der Waals surface area contributed by atoms with Crippen molar-refractivity contribution in [1.29, 1.82) is 0 Å². The van der Waals surface area contributed by atoms with Gasteiger partial charge in [0.1, 0.15) is 6.17 Å². The van der Waals surface area contributed by atoms with Gasteiger partial charge in [0.15, 0.2) is 0 Å². The summed E-state index contributed by atoms with van der Waals surface area (Å²) in [5.41, 5.74) is 3.68. The molecule has 120 valence electrons. The zero-order valence-electron chi connectivity index (χ0n) is 13.7. The van der Waals surface area contributed by atoms with E-state index in [9.17, 15) is 0 Å². The summed E-state index contributed by atoms with van der Waals surface area (Å²) in [7, 11) is 2.17. The van der Waals surface area contributed by atoms with Crippen LogP contribution in [0, 0.1) is 0 Å². The summed E-state index contributed by atoms with van der Waals surface area (Å²) >= 11 is 0. The number of nitrogens with one attached hydrogen (secondary N) is 1. The van der Waals surface area contributed by atoms with E-state index < -0.39 is 0 Å². The summed E-state index contributed by atoms with van der Waals surface area (Å²) in [6, 6.07) is 28.0. The quantitative estimate of drug-likeness (QED) is 0.789. The average molecular weight is 315 g/mol. The van der Waals surface area contributed by atoms with Crippen LogP contribution in [-0.4, -0.2) is 16.9 Å². The van der Waals surface area contributed by atoms with Crippen molar-refractivity contribution in [3.8, 4) is 0 Å². The maximum atomic E-state index is 4.56. The molecule has 0 amide bonds. The zero-order chi connectivity index (χ0) is 16.4. The minimum absolute atomic E-state index is 0.0987. The minimum Gasteiger partial charge on any atom is -0.288 e. The highest BCUT2D eigenvalue weighted by Gasteiger charge is 2.41. The Hall–Kier alpha value is -2.49. The third-order valence-corrected chi connectivity index (χ3v) is 4.77. The van der Waals surface area contributed by atoms with Gasteiger partial charge in [-0.3, -0.25) is 15.2 Å². The standard InChI is InChI=1S/C21H21N3/c1-24-20(17-12-6-3-7-13-17)19(16-10-4-2-5-11-16)23-21(24)18-14-8-9-15-22-18/h2-15,19-21,23H,1H3/t19-,20-,21+/m0/s1. The second kappa shape index (κ2) is 6.56.